The molecule has 112 valence electrons. The van der Waals surface area contributed by atoms with Crippen LogP contribution in [0.3, 0.4) is 0 Å². The maximum absolute atomic E-state index is 11.8. The lowest BCUT2D eigenvalue weighted by molar-refractivity contribution is 0.204. The number of rotatable bonds is 7. The van der Waals surface area contributed by atoms with E-state index in [1.807, 2.05) is 32.9 Å². The summed E-state index contributed by atoms with van der Waals surface area (Å²) in [7, 11) is 0. The van der Waals surface area contributed by atoms with Gasteiger partial charge in [-0.25, -0.2) is 4.79 Å². The SMILES string of the molecule is CCOc1ccc(NC(=O)NCC(C)(C)CCO)cc1. The van der Waals surface area contributed by atoms with E-state index in [4.69, 9.17) is 9.84 Å². The van der Waals surface area contributed by atoms with Crippen molar-refractivity contribution < 1.29 is 14.6 Å². The monoisotopic (exact) mass is 280 g/mol. The minimum Gasteiger partial charge on any atom is -0.494 e. The van der Waals surface area contributed by atoms with E-state index in [0.717, 1.165) is 5.75 Å². The summed E-state index contributed by atoms with van der Waals surface area (Å²) in [5.41, 5.74) is 0.594. The second kappa shape index (κ2) is 7.75. The Balaban J connectivity index is 2.42. The number of hydrogen-bond acceptors (Lipinski definition) is 3. The molecule has 0 saturated heterocycles. The first-order valence-electron chi connectivity index (χ1n) is 6.85. The number of benzene rings is 1. The van der Waals surface area contributed by atoms with Crippen molar-refractivity contribution in [2.24, 2.45) is 5.41 Å². The Morgan fingerprint density at radius 3 is 2.50 bits per heavy atom. The Morgan fingerprint density at radius 1 is 1.30 bits per heavy atom. The average Bonchev–Trinajstić information content (AvgIpc) is 2.39. The molecule has 1 aromatic rings. The lowest BCUT2D eigenvalue weighted by Crippen LogP contribution is -2.37. The van der Waals surface area contributed by atoms with Gasteiger partial charge >= 0.3 is 6.03 Å². The second-order valence-corrected chi connectivity index (χ2v) is 5.40. The number of urea groups is 1. The standard InChI is InChI=1S/C15H24N2O3/c1-4-20-13-7-5-12(6-8-13)17-14(19)16-11-15(2,3)9-10-18/h5-8,18H,4,9-11H2,1-3H3,(H2,16,17,19). The third-order valence-electron chi connectivity index (χ3n) is 2.94. The van der Waals surface area contributed by atoms with Gasteiger partial charge in [-0.1, -0.05) is 13.8 Å². The highest BCUT2D eigenvalue weighted by Crippen LogP contribution is 2.18. The first kappa shape index (κ1) is 16.3. The summed E-state index contributed by atoms with van der Waals surface area (Å²) in [4.78, 5) is 11.8. The Kier molecular flexibility index (Phi) is 6.31. The largest absolute Gasteiger partial charge is 0.494 e. The Morgan fingerprint density at radius 2 is 1.95 bits per heavy atom. The molecule has 0 bridgehead atoms. The fourth-order valence-electron chi connectivity index (χ4n) is 1.69. The number of hydrogen-bond donors (Lipinski definition) is 3. The van der Waals surface area contributed by atoms with E-state index in [1.54, 1.807) is 12.1 Å². The Bertz CT molecular complexity index is 416. The molecule has 0 spiro atoms. The van der Waals surface area contributed by atoms with Crippen molar-refractivity contribution in [2.75, 3.05) is 25.1 Å². The first-order chi connectivity index (χ1) is 9.46. The van der Waals surface area contributed by atoms with Gasteiger partial charge in [-0.15, -0.1) is 0 Å². The van der Waals surface area contributed by atoms with Crippen molar-refractivity contribution in [3.05, 3.63) is 24.3 Å². The summed E-state index contributed by atoms with van der Waals surface area (Å²) in [5.74, 6) is 0.780. The normalized spacial score (nSPS) is 11.0. The van der Waals surface area contributed by atoms with Crippen LogP contribution < -0.4 is 15.4 Å². The number of ether oxygens (including phenoxy) is 1. The van der Waals surface area contributed by atoms with Crippen LogP contribution in [0.2, 0.25) is 0 Å². The molecule has 0 atom stereocenters. The minimum atomic E-state index is -0.250. The summed E-state index contributed by atoms with van der Waals surface area (Å²) < 4.78 is 5.33. The molecule has 0 saturated carbocycles. The van der Waals surface area contributed by atoms with Crippen molar-refractivity contribution in [3.63, 3.8) is 0 Å². The number of nitrogens with one attached hydrogen (secondary N) is 2. The molecule has 5 nitrogen and oxygen atoms in total. The molecule has 5 heteroatoms. The van der Waals surface area contributed by atoms with E-state index in [9.17, 15) is 4.79 Å². The minimum absolute atomic E-state index is 0.120. The lowest BCUT2D eigenvalue weighted by atomic mass is 9.90. The van der Waals surface area contributed by atoms with E-state index >= 15 is 0 Å². The summed E-state index contributed by atoms with van der Waals surface area (Å²) in [6.07, 6.45) is 0.649. The highest BCUT2D eigenvalue weighted by molar-refractivity contribution is 5.89. The topological polar surface area (TPSA) is 70.6 Å². The van der Waals surface area contributed by atoms with Crippen LogP contribution in [-0.4, -0.2) is 30.9 Å². The fourth-order valence-corrected chi connectivity index (χ4v) is 1.69. The number of aliphatic hydroxyl groups is 1. The van der Waals surface area contributed by atoms with Gasteiger partial charge in [0.25, 0.3) is 0 Å². The zero-order valence-corrected chi connectivity index (χ0v) is 12.4. The summed E-state index contributed by atoms with van der Waals surface area (Å²) >= 11 is 0. The molecular formula is C15H24N2O3. The van der Waals surface area contributed by atoms with Crippen molar-refractivity contribution in [2.45, 2.75) is 27.2 Å². The van der Waals surface area contributed by atoms with E-state index in [1.165, 1.54) is 0 Å². The van der Waals surface area contributed by atoms with Gasteiger partial charge in [0, 0.05) is 18.8 Å². The molecule has 0 aliphatic rings. The fraction of sp³-hybridized carbons (Fsp3) is 0.533. The molecule has 3 N–H and O–H groups in total. The predicted molar refractivity (Wildman–Crippen MR) is 80.1 cm³/mol. The van der Waals surface area contributed by atoms with Crippen LogP contribution in [0.1, 0.15) is 27.2 Å². The molecule has 0 fully saturated rings. The van der Waals surface area contributed by atoms with Crippen LogP contribution in [0.5, 0.6) is 5.75 Å². The van der Waals surface area contributed by atoms with Crippen molar-refractivity contribution in [1.29, 1.82) is 0 Å². The number of amides is 2. The van der Waals surface area contributed by atoms with Gasteiger partial charge in [0.1, 0.15) is 5.75 Å². The zero-order valence-electron chi connectivity index (χ0n) is 12.4. The van der Waals surface area contributed by atoms with Crippen LogP contribution in [0, 0.1) is 5.41 Å². The summed E-state index contributed by atoms with van der Waals surface area (Å²) in [5, 5.41) is 14.5. The van der Waals surface area contributed by atoms with Gasteiger partial charge in [0.05, 0.1) is 6.61 Å². The molecule has 0 unspecified atom stereocenters. The van der Waals surface area contributed by atoms with Crippen LogP contribution in [0.15, 0.2) is 24.3 Å². The van der Waals surface area contributed by atoms with Crippen LogP contribution >= 0.6 is 0 Å². The molecule has 1 rings (SSSR count). The molecule has 20 heavy (non-hydrogen) atoms. The number of carbonyl (C=O) groups excluding carboxylic acids is 1. The van der Waals surface area contributed by atoms with E-state index in [-0.39, 0.29) is 18.1 Å². The predicted octanol–water partition coefficient (Wildman–Crippen LogP) is 2.62. The number of carbonyl (C=O) groups is 1. The zero-order chi connectivity index (χ0) is 15.0. The van der Waals surface area contributed by atoms with Gasteiger partial charge in [0.2, 0.25) is 0 Å². The summed E-state index contributed by atoms with van der Waals surface area (Å²) in [6, 6.07) is 6.97. The number of aliphatic hydroxyl groups excluding tert-OH is 1. The van der Waals surface area contributed by atoms with Crippen molar-refractivity contribution in [1.82, 2.24) is 5.32 Å². The maximum atomic E-state index is 11.8. The van der Waals surface area contributed by atoms with Gasteiger partial charge in [-0.05, 0) is 43.0 Å². The summed E-state index contributed by atoms with van der Waals surface area (Å²) in [6.45, 7) is 7.17. The molecule has 0 radical (unpaired) electrons. The van der Waals surface area contributed by atoms with Gasteiger partial charge < -0.3 is 20.5 Å². The second-order valence-electron chi connectivity index (χ2n) is 5.40. The molecule has 2 amide bonds. The van der Waals surface area contributed by atoms with Gasteiger partial charge in [-0.3, -0.25) is 0 Å². The van der Waals surface area contributed by atoms with Crippen molar-refractivity contribution >= 4 is 11.7 Å². The van der Waals surface area contributed by atoms with Crippen LogP contribution in [0.4, 0.5) is 10.5 Å². The smallest absolute Gasteiger partial charge is 0.319 e. The van der Waals surface area contributed by atoms with Gasteiger partial charge in [0.15, 0.2) is 0 Å². The quantitative estimate of drug-likeness (QED) is 0.719. The Hall–Kier alpha value is -1.75. The van der Waals surface area contributed by atoms with E-state index in [0.29, 0.717) is 25.3 Å². The highest BCUT2D eigenvalue weighted by Gasteiger charge is 2.17. The van der Waals surface area contributed by atoms with E-state index in [2.05, 4.69) is 10.6 Å². The first-order valence-corrected chi connectivity index (χ1v) is 6.85. The molecule has 0 aliphatic carbocycles. The van der Waals surface area contributed by atoms with Crippen molar-refractivity contribution in [3.8, 4) is 5.75 Å². The third kappa shape index (κ3) is 5.93. The maximum Gasteiger partial charge on any atom is 0.319 e. The molecule has 1 aromatic carbocycles. The lowest BCUT2D eigenvalue weighted by Gasteiger charge is -2.23. The third-order valence-corrected chi connectivity index (χ3v) is 2.94. The highest BCUT2D eigenvalue weighted by atomic mass is 16.5. The van der Waals surface area contributed by atoms with Crippen LogP contribution in [0.25, 0.3) is 0 Å². The molecule has 0 heterocycles. The molecular weight excluding hydrogens is 256 g/mol. The number of anilines is 1. The van der Waals surface area contributed by atoms with Crippen LogP contribution in [-0.2, 0) is 0 Å². The Labute approximate surface area is 120 Å². The van der Waals surface area contributed by atoms with Gasteiger partial charge in [-0.2, -0.15) is 0 Å². The molecule has 0 aliphatic heterocycles. The average molecular weight is 280 g/mol. The van der Waals surface area contributed by atoms with E-state index < -0.39 is 0 Å². The molecule has 0 aromatic heterocycles.